The molecule has 13 heavy (non-hydrogen) atoms. The Kier molecular flexibility index (Phi) is 5.19. The molecule has 0 aromatic rings. The molecule has 3 nitrogen and oxygen atoms in total. The topological polar surface area (TPSA) is 52.3 Å². The summed E-state index contributed by atoms with van der Waals surface area (Å²) in [7, 11) is 0. The molecule has 0 saturated carbocycles. The van der Waals surface area contributed by atoms with E-state index in [1.165, 1.54) is 0 Å². The van der Waals surface area contributed by atoms with Gasteiger partial charge in [-0.2, -0.15) is 0 Å². The average Bonchev–Trinajstić information content (AvgIpc) is 2.03. The Morgan fingerprint density at radius 2 is 2.15 bits per heavy atom. The lowest BCUT2D eigenvalue weighted by Crippen LogP contribution is -2.14. The molecule has 76 valence electrons. The van der Waals surface area contributed by atoms with Crippen molar-refractivity contribution in [3.8, 4) is 0 Å². The van der Waals surface area contributed by atoms with Crippen molar-refractivity contribution in [3.05, 3.63) is 12.7 Å². The Hall–Kier alpha value is -0.990. The summed E-state index contributed by atoms with van der Waals surface area (Å²) in [6, 6.07) is 0. The quantitative estimate of drug-likeness (QED) is 0.510. The normalized spacial score (nSPS) is 10.9. The average molecular weight is 185 g/mol. The van der Waals surface area contributed by atoms with Crippen LogP contribution in [0.4, 0.5) is 4.79 Å². The van der Waals surface area contributed by atoms with Gasteiger partial charge in [0.25, 0.3) is 0 Å². The standard InChI is InChI=1S/C10H19NO2/c1-4-10(2,3)7-5-6-8-13-9(11)12/h4H,1,5-8H2,2-3H3,(H2,11,12). The van der Waals surface area contributed by atoms with Gasteiger partial charge in [-0.15, -0.1) is 6.58 Å². The summed E-state index contributed by atoms with van der Waals surface area (Å²) in [6.07, 6.45) is 4.19. The fourth-order valence-corrected chi connectivity index (χ4v) is 0.958. The monoisotopic (exact) mass is 185 g/mol. The number of amides is 1. The summed E-state index contributed by atoms with van der Waals surface area (Å²) < 4.78 is 4.60. The number of hydrogen-bond acceptors (Lipinski definition) is 2. The van der Waals surface area contributed by atoms with E-state index in [9.17, 15) is 4.79 Å². The van der Waals surface area contributed by atoms with E-state index >= 15 is 0 Å². The molecule has 0 radical (unpaired) electrons. The Labute approximate surface area is 79.9 Å². The summed E-state index contributed by atoms with van der Waals surface area (Å²) in [5.74, 6) is 0. The zero-order valence-electron chi connectivity index (χ0n) is 8.51. The van der Waals surface area contributed by atoms with Crippen molar-refractivity contribution < 1.29 is 9.53 Å². The van der Waals surface area contributed by atoms with Gasteiger partial charge < -0.3 is 10.5 Å². The predicted molar refractivity (Wildman–Crippen MR) is 53.4 cm³/mol. The summed E-state index contributed by atoms with van der Waals surface area (Å²) in [5.41, 5.74) is 4.98. The van der Waals surface area contributed by atoms with Crippen LogP contribution in [0.3, 0.4) is 0 Å². The minimum atomic E-state index is -0.692. The van der Waals surface area contributed by atoms with E-state index in [2.05, 4.69) is 25.2 Å². The first-order valence-electron chi connectivity index (χ1n) is 4.54. The maximum Gasteiger partial charge on any atom is 0.404 e. The highest BCUT2D eigenvalue weighted by molar-refractivity contribution is 5.64. The molecule has 0 bridgehead atoms. The Bertz CT molecular complexity index is 176. The number of unbranched alkanes of at least 4 members (excludes halogenated alkanes) is 1. The molecular formula is C10H19NO2. The Morgan fingerprint density at radius 3 is 2.62 bits per heavy atom. The molecule has 0 aliphatic heterocycles. The number of primary amides is 1. The van der Waals surface area contributed by atoms with Crippen LogP contribution in [-0.2, 0) is 4.74 Å². The summed E-state index contributed by atoms with van der Waals surface area (Å²) >= 11 is 0. The smallest absolute Gasteiger partial charge is 0.404 e. The maximum absolute atomic E-state index is 10.2. The maximum atomic E-state index is 10.2. The van der Waals surface area contributed by atoms with Crippen LogP contribution in [0.15, 0.2) is 12.7 Å². The van der Waals surface area contributed by atoms with Gasteiger partial charge in [-0.3, -0.25) is 0 Å². The molecule has 0 unspecified atom stereocenters. The van der Waals surface area contributed by atoms with Gasteiger partial charge in [0.2, 0.25) is 0 Å². The first kappa shape index (κ1) is 12.0. The lowest BCUT2D eigenvalue weighted by molar-refractivity contribution is 0.153. The zero-order chi connectivity index (χ0) is 10.3. The second-order valence-electron chi connectivity index (χ2n) is 3.82. The predicted octanol–water partition coefficient (Wildman–Crippen LogP) is 2.46. The second kappa shape index (κ2) is 5.62. The van der Waals surface area contributed by atoms with Gasteiger partial charge in [-0.05, 0) is 24.7 Å². The van der Waals surface area contributed by atoms with Crippen LogP contribution in [0.25, 0.3) is 0 Å². The number of rotatable bonds is 6. The van der Waals surface area contributed by atoms with Crippen LogP contribution in [-0.4, -0.2) is 12.7 Å². The number of carbonyl (C=O) groups is 1. The van der Waals surface area contributed by atoms with Gasteiger partial charge >= 0.3 is 6.09 Å². The molecule has 0 saturated heterocycles. The molecule has 0 aliphatic rings. The van der Waals surface area contributed by atoms with E-state index in [4.69, 9.17) is 5.73 Å². The van der Waals surface area contributed by atoms with Crippen LogP contribution in [0.5, 0.6) is 0 Å². The van der Waals surface area contributed by atoms with Gasteiger partial charge in [0, 0.05) is 0 Å². The summed E-state index contributed by atoms with van der Waals surface area (Å²) in [6.45, 7) is 8.44. The van der Waals surface area contributed by atoms with Crippen LogP contribution in [0, 0.1) is 5.41 Å². The lowest BCUT2D eigenvalue weighted by Gasteiger charge is -2.18. The SMILES string of the molecule is C=CC(C)(C)CCCCOC(N)=O. The van der Waals surface area contributed by atoms with Crippen molar-refractivity contribution >= 4 is 6.09 Å². The Balaban J connectivity index is 3.35. The van der Waals surface area contributed by atoms with Crippen LogP contribution in [0.1, 0.15) is 33.1 Å². The van der Waals surface area contributed by atoms with Crippen LogP contribution >= 0.6 is 0 Å². The fourth-order valence-electron chi connectivity index (χ4n) is 0.958. The molecule has 0 heterocycles. The number of nitrogens with two attached hydrogens (primary N) is 1. The highest BCUT2D eigenvalue weighted by Crippen LogP contribution is 2.23. The first-order chi connectivity index (χ1) is 5.98. The molecule has 0 spiro atoms. The minimum Gasteiger partial charge on any atom is -0.450 e. The van der Waals surface area contributed by atoms with Crippen molar-refractivity contribution in [1.82, 2.24) is 0 Å². The highest BCUT2D eigenvalue weighted by Gasteiger charge is 2.11. The van der Waals surface area contributed by atoms with E-state index in [1.54, 1.807) is 0 Å². The lowest BCUT2D eigenvalue weighted by atomic mass is 9.88. The molecular weight excluding hydrogens is 166 g/mol. The van der Waals surface area contributed by atoms with Crippen molar-refractivity contribution in [2.45, 2.75) is 33.1 Å². The molecule has 3 heteroatoms. The second-order valence-corrected chi connectivity index (χ2v) is 3.82. The summed E-state index contributed by atoms with van der Waals surface area (Å²) in [4.78, 5) is 10.2. The Morgan fingerprint density at radius 1 is 1.54 bits per heavy atom. The molecule has 0 fully saturated rings. The fraction of sp³-hybridized carbons (Fsp3) is 0.700. The third-order valence-corrected chi connectivity index (χ3v) is 2.01. The molecule has 1 amide bonds. The number of ether oxygens (including phenoxy) is 1. The number of allylic oxidation sites excluding steroid dienone is 1. The van der Waals surface area contributed by atoms with E-state index in [1.807, 2.05) is 6.08 Å². The van der Waals surface area contributed by atoms with Gasteiger partial charge in [0.15, 0.2) is 0 Å². The van der Waals surface area contributed by atoms with E-state index in [-0.39, 0.29) is 5.41 Å². The highest BCUT2D eigenvalue weighted by atomic mass is 16.5. The van der Waals surface area contributed by atoms with Gasteiger partial charge in [0.1, 0.15) is 0 Å². The molecule has 0 rings (SSSR count). The molecule has 0 aliphatic carbocycles. The van der Waals surface area contributed by atoms with Crippen LogP contribution < -0.4 is 5.73 Å². The van der Waals surface area contributed by atoms with Crippen LogP contribution in [0.2, 0.25) is 0 Å². The van der Waals surface area contributed by atoms with Crippen molar-refractivity contribution in [2.75, 3.05) is 6.61 Å². The molecule has 0 aromatic heterocycles. The van der Waals surface area contributed by atoms with Gasteiger partial charge in [-0.25, -0.2) is 4.79 Å². The zero-order valence-corrected chi connectivity index (χ0v) is 8.51. The van der Waals surface area contributed by atoms with Crippen molar-refractivity contribution in [1.29, 1.82) is 0 Å². The van der Waals surface area contributed by atoms with Gasteiger partial charge in [-0.1, -0.05) is 19.9 Å². The number of carbonyl (C=O) groups excluding carboxylic acids is 1. The van der Waals surface area contributed by atoms with E-state index < -0.39 is 6.09 Å². The van der Waals surface area contributed by atoms with E-state index in [0.29, 0.717) is 6.61 Å². The van der Waals surface area contributed by atoms with Crippen molar-refractivity contribution in [2.24, 2.45) is 11.1 Å². The third-order valence-electron chi connectivity index (χ3n) is 2.01. The summed E-state index contributed by atoms with van der Waals surface area (Å²) in [5, 5.41) is 0. The minimum absolute atomic E-state index is 0.173. The third kappa shape index (κ3) is 7.37. The molecule has 0 atom stereocenters. The van der Waals surface area contributed by atoms with E-state index in [0.717, 1.165) is 19.3 Å². The molecule has 2 N–H and O–H groups in total. The first-order valence-corrected chi connectivity index (χ1v) is 4.54. The molecule has 0 aromatic carbocycles. The van der Waals surface area contributed by atoms with Crippen molar-refractivity contribution in [3.63, 3.8) is 0 Å². The largest absolute Gasteiger partial charge is 0.450 e. The van der Waals surface area contributed by atoms with Gasteiger partial charge in [0.05, 0.1) is 6.61 Å². The number of hydrogen-bond donors (Lipinski definition) is 1.